The van der Waals surface area contributed by atoms with Gasteiger partial charge in [0.25, 0.3) is 0 Å². The SMILES string of the molecule is CCCCCCCCCCCCCCCCCCCCCCCCCCCCC/C=C/C(O)C(COC1OC(CO)C(O)C(O)C1O)NC(=O)CCCCCCCC. The van der Waals surface area contributed by atoms with Gasteiger partial charge in [-0.15, -0.1) is 0 Å². The number of unbranched alkanes of at least 4 members (excludes halogenated alkanes) is 32. The molecule has 1 fully saturated rings. The average molecular weight is 826 g/mol. The maximum absolute atomic E-state index is 12.8. The summed E-state index contributed by atoms with van der Waals surface area (Å²) in [5.74, 6) is -0.184. The molecule has 0 aromatic carbocycles. The summed E-state index contributed by atoms with van der Waals surface area (Å²) in [6.07, 6.45) is 40.4. The second-order valence-electron chi connectivity index (χ2n) is 17.6. The first kappa shape index (κ1) is 54.9. The molecule has 0 aromatic heterocycles. The number of hydrogen-bond acceptors (Lipinski definition) is 8. The van der Waals surface area contributed by atoms with Crippen molar-refractivity contribution in [1.82, 2.24) is 5.32 Å². The quantitative estimate of drug-likeness (QED) is 0.0263. The van der Waals surface area contributed by atoms with Gasteiger partial charge in [0, 0.05) is 6.42 Å². The van der Waals surface area contributed by atoms with E-state index in [9.17, 15) is 30.3 Å². The van der Waals surface area contributed by atoms with Crippen molar-refractivity contribution in [2.75, 3.05) is 13.2 Å². The molecular weight excluding hydrogens is 731 g/mol. The van der Waals surface area contributed by atoms with Gasteiger partial charge in [-0.25, -0.2) is 0 Å². The summed E-state index contributed by atoms with van der Waals surface area (Å²) >= 11 is 0. The van der Waals surface area contributed by atoms with E-state index in [4.69, 9.17) is 9.47 Å². The van der Waals surface area contributed by atoms with Gasteiger partial charge in [0.1, 0.15) is 24.4 Å². The molecule has 9 nitrogen and oxygen atoms in total. The van der Waals surface area contributed by atoms with Gasteiger partial charge in [-0.2, -0.15) is 0 Å². The van der Waals surface area contributed by atoms with E-state index in [0.29, 0.717) is 6.42 Å². The van der Waals surface area contributed by atoms with Crippen molar-refractivity contribution in [2.24, 2.45) is 0 Å². The third-order valence-corrected chi connectivity index (χ3v) is 12.1. The minimum atomic E-state index is -1.56. The van der Waals surface area contributed by atoms with Crippen LogP contribution in [0.25, 0.3) is 0 Å². The van der Waals surface area contributed by atoms with Crippen molar-refractivity contribution in [3.05, 3.63) is 12.2 Å². The molecule has 1 aliphatic heterocycles. The topological polar surface area (TPSA) is 149 Å². The van der Waals surface area contributed by atoms with Crippen LogP contribution in [0.2, 0.25) is 0 Å². The Morgan fingerprint density at radius 2 is 0.948 bits per heavy atom. The van der Waals surface area contributed by atoms with Crippen molar-refractivity contribution in [1.29, 1.82) is 0 Å². The summed E-state index contributed by atoms with van der Waals surface area (Å²) in [4.78, 5) is 12.8. The summed E-state index contributed by atoms with van der Waals surface area (Å²) in [7, 11) is 0. The number of allylic oxidation sites excluding steroid dienone is 1. The Kier molecular flexibility index (Phi) is 37.9. The molecular formula is C49H95NO8. The highest BCUT2D eigenvalue weighted by molar-refractivity contribution is 5.76. The van der Waals surface area contributed by atoms with E-state index in [1.54, 1.807) is 6.08 Å². The average Bonchev–Trinajstić information content (AvgIpc) is 3.22. The molecule has 1 amide bonds. The smallest absolute Gasteiger partial charge is 0.220 e. The molecule has 0 aliphatic carbocycles. The Morgan fingerprint density at radius 3 is 1.34 bits per heavy atom. The lowest BCUT2D eigenvalue weighted by atomic mass is 9.99. The van der Waals surface area contributed by atoms with Crippen molar-refractivity contribution in [2.45, 2.75) is 281 Å². The van der Waals surface area contributed by atoms with Crippen LogP contribution in [0.15, 0.2) is 12.2 Å². The predicted octanol–water partition coefficient (Wildman–Crippen LogP) is 10.9. The maximum atomic E-state index is 12.8. The lowest BCUT2D eigenvalue weighted by molar-refractivity contribution is -0.302. The summed E-state index contributed by atoms with van der Waals surface area (Å²) in [5.41, 5.74) is 0. The molecule has 0 aromatic rings. The summed E-state index contributed by atoms with van der Waals surface area (Å²) in [6, 6.07) is -0.796. The molecule has 7 atom stereocenters. The summed E-state index contributed by atoms with van der Waals surface area (Å²) < 4.78 is 11.2. The fourth-order valence-corrected chi connectivity index (χ4v) is 8.10. The monoisotopic (exact) mass is 826 g/mol. The number of aliphatic hydroxyl groups is 5. The number of amides is 1. The number of rotatable bonds is 42. The largest absolute Gasteiger partial charge is 0.394 e. The Balaban J connectivity index is 2.10. The van der Waals surface area contributed by atoms with Gasteiger partial charge in [0.15, 0.2) is 6.29 Å². The maximum Gasteiger partial charge on any atom is 0.220 e. The zero-order valence-corrected chi connectivity index (χ0v) is 37.8. The molecule has 0 saturated carbocycles. The molecule has 58 heavy (non-hydrogen) atoms. The first-order chi connectivity index (χ1) is 28.3. The first-order valence-electron chi connectivity index (χ1n) is 24.9. The van der Waals surface area contributed by atoms with Crippen molar-refractivity contribution >= 4 is 5.91 Å². The second kappa shape index (κ2) is 40.0. The molecule has 6 N–H and O–H groups in total. The van der Waals surface area contributed by atoms with Gasteiger partial charge in [0.2, 0.25) is 5.91 Å². The van der Waals surface area contributed by atoms with E-state index in [0.717, 1.165) is 44.9 Å². The Labute approximate surface area is 356 Å². The number of aliphatic hydroxyl groups excluding tert-OH is 5. The summed E-state index contributed by atoms with van der Waals surface area (Å²) in [5, 5.41) is 54.0. The van der Waals surface area contributed by atoms with E-state index in [1.807, 2.05) is 6.08 Å². The minimum absolute atomic E-state index is 0.184. The van der Waals surface area contributed by atoms with Crippen LogP contribution in [-0.2, 0) is 14.3 Å². The number of ether oxygens (including phenoxy) is 2. The van der Waals surface area contributed by atoms with Gasteiger partial charge in [-0.3, -0.25) is 4.79 Å². The number of carbonyl (C=O) groups is 1. The lowest BCUT2D eigenvalue weighted by Crippen LogP contribution is -2.60. The molecule has 0 spiro atoms. The van der Waals surface area contributed by atoms with Crippen LogP contribution >= 0.6 is 0 Å². The van der Waals surface area contributed by atoms with Gasteiger partial charge in [-0.05, 0) is 19.3 Å². The highest BCUT2D eigenvalue weighted by Crippen LogP contribution is 2.23. The van der Waals surface area contributed by atoms with Gasteiger partial charge in [-0.1, -0.05) is 225 Å². The first-order valence-corrected chi connectivity index (χ1v) is 24.9. The van der Waals surface area contributed by atoms with Gasteiger partial charge >= 0.3 is 0 Å². The summed E-state index contributed by atoms with van der Waals surface area (Å²) in [6.45, 7) is 3.72. The van der Waals surface area contributed by atoms with Crippen LogP contribution in [0.1, 0.15) is 239 Å². The third kappa shape index (κ3) is 30.0. The van der Waals surface area contributed by atoms with Gasteiger partial charge in [0.05, 0.1) is 25.4 Å². The highest BCUT2D eigenvalue weighted by atomic mass is 16.7. The number of nitrogens with one attached hydrogen (secondary N) is 1. The highest BCUT2D eigenvalue weighted by Gasteiger charge is 2.44. The predicted molar refractivity (Wildman–Crippen MR) is 240 cm³/mol. The molecule has 1 rings (SSSR count). The minimum Gasteiger partial charge on any atom is -0.394 e. The van der Waals surface area contributed by atoms with Crippen molar-refractivity contribution < 1.29 is 39.8 Å². The lowest BCUT2D eigenvalue weighted by Gasteiger charge is -2.40. The molecule has 1 aliphatic rings. The zero-order valence-electron chi connectivity index (χ0n) is 37.8. The standard InChI is InChI=1S/C49H95NO8/c1-3-5-7-9-11-12-13-14-15-16-17-18-19-20-21-22-23-24-25-26-27-28-29-30-31-32-33-34-36-38-43(52)42(50-45(53)39-37-35-10-8-6-4-2)41-57-49-48(56)47(55)46(54)44(40-51)58-49/h36,38,42-44,46-49,51-52,54-56H,3-35,37,39-41H2,1-2H3,(H,50,53)/b38-36+. The van der Waals surface area contributed by atoms with Crippen LogP contribution in [0.4, 0.5) is 0 Å². The number of carbonyl (C=O) groups excluding carboxylic acids is 1. The van der Waals surface area contributed by atoms with E-state index in [1.165, 1.54) is 173 Å². The van der Waals surface area contributed by atoms with Crippen LogP contribution in [0, 0.1) is 0 Å². The van der Waals surface area contributed by atoms with Crippen LogP contribution in [0.3, 0.4) is 0 Å². The van der Waals surface area contributed by atoms with E-state index in [-0.39, 0.29) is 12.5 Å². The van der Waals surface area contributed by atoms with E-state index < -0.39 is 49.5 Å². The molecule has 1 heterocycles. The third-order valence-electron chi connectivity index (χ3n) is 12.1. The van der Waals surface area contributed by atoms with E-state index in [2.05, 4.69) is 19.2 Å². The van der Waals surface area contributed by atoms with E-state index >= 15 is 0 Å². The second-order valence-corrected chi connectivity index (χ2v) is 17.6. The number of hydrogen-bond donors (Lipinski definition) is 6. The Bertz CT molecular complexity index is 919. The Morgan fingerprint density at radius 1 is 0.569 bits per heavy atom. The molecule has 7 unspecified atom stereocenters. The Hall–Kier alpha value is -1.07. The zero-order chi connectivity index (χ0) is 42.3. The van der Waals surface area contributed by atoms with Gasteiger partial charge < -0.3 is 40.3 Å². The van der Waals surface area contributed by atoms with Crippen LogP contribution in [0.5, 0.6) is 0 Å². The molecule has 0 radical (unpaired) electrons. The fourth-order valence-electron chi connectivity index (χ4n) is 8.10. The molecule has 344 valence electrons. The molecule has 9 heteroatoms. The van der Waals surface area contributed by atoms with Crippen LogP contribution < -0.4 is 5.32 Å². The normalized spacial score (nSPS) is 20.8. The molecule has 0 bridgehead atoms. The fraction of sp³-hybridized carbons (Fsp3) is 0.939. The van der Waals surface area contributed by atoms with Crippen molar-refractivity contribution in [3.8, 4) is 0 Å². The van der Waals surface area contributed by atoms with Crippen LogP contribution in [-0.4, -0.2) is 87.5 Å². The molecule has 1 saturated heterocycles. The van der Waals surface area contributed by atoms with Crippen molar-refractivity contribution in [3.63, 3.8) is 0 Å².